The van der Waals surface area contributed by atoms with Crippen molar-refractivity contribution in [1.29, 1.82) is 0 Å². The van der Waals surface area contributed by atoms with Crippen LogP contribution in [0.4, 0.5) is 13.2 Å². The van der Waals surface area contributed by atoms with Crippen molar-refractivity contribution < 1.29 is 31.5 Å². The smallest absolute Gasteiger partial charge is 0.475 e. The first kappa shape index (κ1) is 25.3. The molecule has 0 amide bonds. The standard InChI is InChI=1S/C18H22N4O2S.C2HF3O2/c1-13-12-17-16(8-10-20-18(17)21-13)14-4-6-15(7-5-14)25(23,24)22(2)11-3-9-19;3-2(4,5)1(6)7/h4-8,10,12H,3,9,11,19H2,1-2H3,(H,20,21);(H,6,7). The van der Waals surface area contributed by atoms with Gasteiger partial charge in [-0.1, -0.05) is 12.1 Å². The summed E-state index contributed by atoms with van der Waals surface area (Å²) in [4.78, 5) is 16.7. The summed E-state index contributed by atoms with van der Waals surface area (Å²) in [5, 5.41) is 8.15. The third-order valence-corrected chi connectivity index (χ3v) is 6.33. The average Bonchev–Trinajstić information content (AvgIpc) is 3.12. The van der Waals surface area contributed by atoms with Crippen molar-refractivity contribution >= 4 is 27.0 Å². The van der Waals surface area contributed by atoms with Gasteiger partial charge in [-0.25, -0.2) is 22.5 Å². The Kier molecular flexibility index (Phi) is 7.99. The van der Waals surface area contributed by atoms with E-state index in [1.165, 1.54) is 4.31 Å². The first-order valence-corrected chi connectivity index (χ1v) is 10.8. The summed E-state index contributed by atoms with van der Waals surface area (Å²) in [6.45, 7) is 2.86. The summed E-state index contributed by atoms with van der Waals surface area (Å²) in [7, 11) is -1.91. The van der Waals surface area contributed by atoms with E-state index in [1.807, 2.05) is 31.2 Å². The third kappa shape index (κ3) is 6.05. The fourth-order valence-corrected chi connectivity index (χ4v) is 4.04. The molecule has 1 aromatic carbocycles. The number of nitrogens with zero attached hydrogens (tertiary/aromatic N) is 2. The van der Waals surface area contributed by atoms with Crippen LogP contribution < -0.4 is 5.73 Å². The van der Waals surface area contributed by atoms with Crippen molar-refractivity contribution in [2.45, 2.75) is 24.4 Å². The lowest BCUT2D eigenvalue weighted by Crippen LogP contribution is -2.29. The topological polar surface area (TPSA) is 129 Å². The summed E-state index contributed by atoms with van der Waals surface area (Å²) in [6.07, 6.45) is -2.70. The lowest BCUT2D eigenvalue weighted by Gasteiger charge is -2.17. The molecule has 0 radical (unpaired) electrons. The second kappa shape index (κ2) is 10.1. The molecule has 0 unspecified atom stereocenters. The summed E-state index contributed by atoms with van der Waals surface area (Å²) in [5.41, 5.74) is 9.30. The molecule has 2 aromatic heterocycles. The van der Waals surface area contributed by atoms with E-state index < -0.39 is 22.2 Å². The molecule has 0 fully saturated rings. The second-order valence-electron chi connectivity index (χ2n) is 6.87. The Morgan fingerprint density at radius 1 is 1.22 bits per heavy atom. The number of hydrogen-bond donors (Lipinski definition) is 3. The van der Waals surface area contributed by atoms with Crippen LogP contribution in [0.5, 0.6) is 0 Å². The van der Waals surface area contributed by atoms with E-state index >= 15 is 0 Å². The Morgan fingerprint density at radius 2 is 1.81 bits per heavy atom. The Labute approximate surface area is 182 Å². The molecule has 4 N–H and O–H groups in total. The van der Waals surface area contributed by atoms with Gasteiger partial charge in [0.25, 0.3) is 0 Å². The number of sulfonamides is 1. The van der Waals surface area contributed by atoms with Crippen LogP contribution in [0.25, 0.3) is 22.2 Å². The number of rotatable bonds is 6. The van der Waals surface area contributed by atoms with E-state index in [0.29, 0.717) is 19.5 Å². The van der Waals surface area contributed by atoms with Crippen molar-refractivity contribution in [3.8, 4) is 11.1 Å². The van der Waals surface area contributed by atoms with Crippen molar-refractivity contribution in [3.63, 3.8) is 0 Å². The van der Waals surface area contributed by atoms with Crippen molar-refractivity contribution in [3.05, 3.63) is 48.3 Å². The largest absolute Gasteiger partial charge is 0.490 e. The number of aryl methyl sites for hydroxylation is 1. The third-order valence-electron chi connectivity index (χ3n) is 4.46. The minimum Gasteiger partial charge on any atom is -0.475 e. The second-order valence-corrected chi connectivity index (χ2v) is 8.91. The van der Waals surface area contributed by atoms with Gasteiger partial charge in [-0.15, -0.1) is 0 Å². The van der Waals surface area contributed by atoms with E-state index in [1.54, 1.807) is 25.4 Å². The number of aromatic nitrogens is 2. The highest BCUT2D eigenvalue weighted by atomic mass is 32.2. The van der Waals surface area contributed by atoms with E-state index in [2.05, 4.69) is 9.97 Å². The van der Waals surface area contributed by atoms with Gasteiger partial charge < -0.3 is 15.8 Å². The van der Waals surface area contributed by atoms with E-state index in [4.69, 9.17) is 15.6 Å². The molecule has 0 aliphatic rings. The molecule has 0 bridgehead atoms. The Hall–Kier alpha value is -2.96. The molecule has 0 saturated heterocycles. The number of nitrogens with two attached hydrogens (primary N) is 1. The number of carbonyl (C=O) groups is 1. The molecule has 3 rings (SSSR count). The van der Waals surface area contributed by atoms with Gasteiger partial charge in [0.05, 0.1) is 4.90 Å². The predicted octanol–water partition coefficient (Wildman–Crippen LogP) is 3.14. The highest BCUT2D eigenvalue weighted by molar-refractivity contribution is 7.89. The van der Waals surface area contributed by atoms with Gasteiger partial charge in [0.15, 0.2) is 0 Å². The highest BCUT2D eigenvalue weighted by Crippen LogP contribution is 2.29. The van der Waals surface area contributed by atoms with Gasteiger partial charge in [-0.2, -0.15) is 13.2 Å². The van der Waals surface area contributed by atoms with Gasteiger partial charge in [0.1, 0.15) is 5.65 Å². The van der Waals surface area contributed by atoms with Gasteiger partial charge >= 0.3 is 12.1 Å². The van der Waals surface area contributed by atoms with Crippen molar-refractivity contribution in [2.24, 2.45) is 5.73 Å². The number of aliphatic carboxylic acids is 1. The summed E-state index contributed by atoms with van der Waals surface area (Å²) < 4.78 is 58.2. The number of benzene rings is 1. The quantitative estimate of drug-likeness (QED) is 0.505. The number of H-pyrrole nitrogens is 1. The zero-order chi connectivity index (χ0) is 24.1. The molecule has 0 spiro atoms. The molecule has 0 aliphatic heterocycles. The number of carboxylic acid groups (broad SMARTS) is 1. The first-order chi connectivity index (χ1) is 14.9. The lowest BCUT2D eigenvalue weighted by molar-refractivity contribution is -0.192. The number of nitrogens with one attached hydrogen (secondary N) is 1. The monoisotopic (exact) mass is 472 g/mol. The maximum Gasteiger partial charge on any atom is 0.490 e. The zero-order valence-corrected chi connectivity index (χ0v) is 18.2. The van der Waals surface area contributed by atoms with E-state index in [9.17, 15) is 21.6 Å². The molecule has 174 valence electrons. The number of halogens is 3. The van der Waals surface area contributed by atoms with Crippen LogP contribution >= 0.6 is 0 Å². The van der Waals surface area contributed by atoms with Crippen LogP contribution in [-0.4, -0.2) is 60.1 Å². The highest BCUT2D eigenvalue weighted by Gasteiger charge is 2.38. The summed E-state index contributed by atoms with van der Waals surface area (Å²) in [6, 6.07) is 10.9. The minimum atomic E-state index is -5.08. The Balaban J connectivity index is 0.000000451. The number of aromatic amines is 1. The number of alkyl halides is 3. The summed E-state index contributed by atoms with van der Waals surface area (Å²) >= 11 is 0. The predicted molar refractivity (Wildman–Crippen MR) is 113 cm³/mol. The summed E-state index contributed by atoms with van der Waals surface area (Å²) in [5.74, 6) is -2.76. The molecule has 32 heavy (non-hydrogen) atoms. The van der Waals surface area contributed by atoms with Crippen LogP contribution in [0, 0.1) is 6.92 Å². The number of fused-ring (bicyclic) bond motifs is 1. The van der Waals surface area contributed by atoms with E-state index in [-0.39, 0.29) is 4.90 Å². The van der Waals surface area contributed by atoms with Gasteiger partial charge in [-0.05, 0) is 55.3 Å². The molecule has 0 aliphatic carbocycles. The number of pyridine rings is 1. The fourth-order valence-electron chi connectivity index (χ4n) is 2.83. The van der Waals surface area contributed by atoms with Crippen LogP contribution in [0.3, 0.4) is 0 Å². The van der Waals surface area contributed by atoms with Gasteiger partial charge in [0.2, 0.25) is 10.0 Å². The SMILES string of the molecule is Cc1cc2c(-c3ccc(S(=O)(=O)N(C)CCCN)cc3)ccnc2[nH]1.O=C(O)C(F)(F)F. The van der Waals surface area contributed by atoms with Crippen LogP contribution in [0.1, 0.15) is 12.1 Å². The molecule has 0 atom stereocenters. The van der Waals surface area contributed by atoms with Crippen LogP contribution in [0.15, 0.2) is 47.5 Å². The fraction of sp³-hybridized carbons (Fsp3) is 0.300. The average molecular weight is 472 g/mol. The normalized spacial score (nSPS) is 12.0. The van der Waals surface area contributed by atoms with Gasteiger partial charge in [-0.3, -0.25) is 0 Å². The number of carboxylic acids is 1. The molecule has 3 aromatic rings. The molecular weight excluding hydrogens is 449 g/mol. The Bertz CT molecular complexity index is 1180. The van der Waals surface area contributed by atoms with Crippen molar-refractivity contribution in [1.82, 2.24) is 14.3 Å². The maximum absolute atomic E-state index is 12.6. The van der Waals surface area contributed by atoms with Crippen LogP contribution in [0.2, 0.25) is 0 Å². The van der Waals surface area contributed by atoms with Crippen LogP contribution in [-0.2, 0) is 14.8 Å². The Morgan fingerprint density at radius 3 is 2.34 bits per heavy atom. The molecule has 2 heterocycles. The van der Waals surface area contributed by atoms with Crippen molar-refractivity contribution in [2.75, 3.05) is 20.1 Å². The number of hydrogen-bond acceptors (Lipinski definition) is 5. The molecule has 8 nitrogen and oxygen atoms in total. The zero-order valence-electron chi connectivity index (χ0n) is 17.3. The first-order valence-electron chi connectivity index (χ1n) is 9.39. The minimum absolute atomic E-state index is 0.284. The maximum atomic E-state index is 12.6. The molecule has 0 saturated carbocycles. The molecular formula is C20H23F3N4O4S. The van der Waals surface area contributed by atoms with E-state index in [0.717, 1.165) is 27.9 Å². The lowest BCUT2D eigenvalue weighted by atomic mass is 10.0. The van der Waals surface area contributed by atoms with Gasteiger partial charge in [0, 0.05) is 30.9 Å². The molecule has 12 heteroatoms.